The Morgan fingerprint density at radius 2 is 0.920 bits per heavy atom. The van der Waals surface area contributed by atoms with Crippen molar-refractivity contribution in [1.29, 1.82) is 0 Å². The van der Waals surface area contributed by atoms with Gasteiger partial charge < -0.3 is 35.4 Å². The quantitative estimate of drug-likeness (QED) is 0.0598. The van der Waals surface area contributed by atoms with Gasteiger partial charge in [-0.1, -0.05) is 79.4 Å². The summed E-state index contributed by atoms with van der Waals surface area (Å²) in [6, 6.07) is 3.31. The third-order valence-corrected chi connectivity index (χ3v) is 8.79. The van der Waals surface area contributed by atoms with E-state index in [-0.39, 0.29) is 50.5 Å². The van der Waals surface area contributed by atoms with Crippen molar-refractivity contribution in [2.45, 2.75) is 119 Å². The molecule has 0 amide bonds. The number of carbonyl (C=O) groups excluding carboxylic acids is 2. The van der Waals surface area contributed by atoms with Crippen LogP contribution in [0, 0.1) is 13.8 Å². The number of phenolic OH excluding ortho intramolecular Hbond substituents is 6. The zero-order valence-corrected chi connectivity index (χ0v) is 31.7. The lowest BCUT2D eigenvalue weighted by Crippen LogP contribution is -2.15. The molecule has 4 aromatic rings. The smallest absolute Gasteiger partial charge is 0.169 e. The number of carbonyl (C=O) groups is 2. The third kappa shape index (κ3) is 8.27. The van der Waals surface area contributed by atoms with Gasteiger partial charge in [0.15, 0.2) is 35.6 Å². The summed E-state index contributed by atoms with van der Waals surface area (Å²) in [4.78, 5) is 24.0. The number of methoxy groups -OCH3 is 1. The van der Waals surface area contributed by atoms with Crippen LogP contribution in [0.3, 0.4) is 0 Å². The Bertz CT molecular complexity index is 1730. The number of aldehydes is 2. The second kappa shape index (κ2) is 16.9. The lowest BCUT2D eigenvalue weighted by molar-refractivity contribution is 0.0397. The zero-order valence-electron chi connectivity index (χ0n) is 31.7. The van der Waals surface area contributed by atoms with Gasteiger partial charge in [0.05, 0.1) is 16.7 Å². The van der Waals surface area contributed by atoms with Crippen LogP contribution in [0.5, 0.6) is 34.5 Å². The molecule has 0 bridgehead atoms. The number of unbranched alkanes of at least 4 members (excludes halogenated alkanes) is 3. The topological polar surface area (TPSA) is 165 Å². The number of hydrogen-bond donors (Lipinski definition) is 6. The molecule has 0 unspecified atom stereocenters. The molecule has 0 aliphatic heterocycles. The van der Waals surface area contributed by atoms with Gasteiger partial charge in [-0.2, -0.15) is 0 Å². The number of ether oxygens (including phenoxy) is 1. The summed E-state index contributed by atoms with van der Waals surface area (Å²) in [5, 5.41) is 66.4. The van der Waals surface area contributed by atoms with Crippen molar-refractivity contribution in [2.24, 2.45) is 0 Å². The molecule has 0 aliphatic rings. The average Bonchev–Trinajstić information content (AvgIpc) is 3.03. The van der Waals surface area contributed by atoms with Gasteiger partial charge in [0.25, 0.3) is 0 Å². The molecule has 0 spiro atoms. The summed E-state index contributed by atoms with van der Waals surface area (Å²) in [7, 11) is 1.71. The fourth-order valence-electron chi connectivity index (χ4n) is 6.10. The minimum Gasteiger partial charge on any atom is -0.507 e. The standard InChI is InChI=1S/C30H30O8.C6H14.C5H12O/c1-11(2)19-15-7-13(5)21(27(35)23(15)17(9-31)25(33)29(19)37)22-14(6)8-16-20(12(3)4)30(38)26(34)18(10-32)24(16)28(22)36;1-3-5-6-4-2;1-5(2,3)6-4/h7-12,33-38H,1-6H3;3-6H2,1-2H3;1-4H3. The molecule has 0 heterocycles. The predicted octanol–water partition coefficient (Wildman–Crippen LogP) is 10.4. The highest BCUT2D eigenvalue weighted by Crippen LogP contribution is 2.54. The number of hydrogen-bond acceptors (Lipinski definition) is 9. The Labute approximate surface area is 296 Å². The summed E-state index contributed by atoms with van der Waals surface area (Å²) in [6.45, 7) is 21.1. The molecule has 0 saturated heterocycles. The fourth-order valence-corrected chi connectivity index (χ4v) is 6.10. The molecule has 0 radical (unpaired) electrons. The van der Waals surface area contributed by atoms with Gasteiger partial charge in [0.1, 0.15) is 11.5 Å². The summed E-state index contributed by atoms with van der Waals surface area (Å²) < 4.78 is 4.94. The van der Waals surface area contributed by atoms with Gasteiger partial charge in [-0.05, 0) is 68.4 Å². The van der Waals surface area contributed by atoms with Gasteiger partial charge in [-0.3, -0.25) is 9.59 Å². The first-order chi connectivity index (χ1) is 23.3. The van der Waals surface area contributed by atoms with E-state index in [2.05, 4.69) is 13.8 Å². The van der Waals surface area contributed by atoms with Crippen LogP contribution in [0.1, 0.15) is 143 Å². The maximum absolute atomic E-state index is 12.0. The minimum absolute atomic E-state index is 0.00512. The van der Waals surface area contributed by atoms with Crippen LogP contribution in [-0.4, -0.2) is 55.9 Å². The molecule has 4 aromatic carbocycles. The van der Waals surface area contributed by atoms with Crippen LogP contribution in [0.4, 0.5) is 0 Å². The van der Waals surface area contributed by atoms with Gasteiger partial charge in [-0.25, -0.2) is 0 Å². The van der Waals surface area contributed by atoms with Crippen molar-refractivity contribution >= 4 is 34.1 Å². The van der Waals surface area contributed by atoms with E-state index in [4.69, 9.17) is 4.74 Å². The van der Waals surface area contributed by atoms with E-state index >= 15 is 0 Å². The highest BCUT2D eigenvalue weighted by atomic mass is 16.5. The van der Waals surface area contributed by atoms with Gasteiger partial charge >= 0.3 is 0 Å². The zero-order chi connectivity index (χ0) is 38.4. The normalized spacial score (nSPS) is 11.4. The van der Waals surface area contributed by atoms with Crippen LogP contribution in [-0.2, 0) is 4.74 Å². The van der Waals surface area contributed by atoms with Crippen molar-refractivity contribution in [1.82, 2.24) is 0 Å². The molecular weight excluding hydrogens is 636 g/mol. The van der Waals surface area contributed by atoms with E-state index in [1.54, 1.807) is 60.8 Å². The maximum atomic E-state index is 12.0. The lowest BCUT2D eigenvalue weighted by Gasteiger charge is -2.23. The molecule has 50 heavy (non-hydrogen) atoms. The second-order valence-corrected chi connectivity index (χ2v) is 14.3. The largest absolute Gasteiger partial charge is 0.507 e. The van der Waals surface area contributed by atoms with Gasteiger partial charge in [-0.15, -0.1) is 0 Å². The number of aromatic hydroxyl groups is 6. The fraction of sp³-hybridized carbons (Fsp3) is 0.463. The highest BCUT2D eigenvalue weighted by Gasteiger charge is 2.29. The van der Waals surface area contributed by atoms with E-state index in [0.717, 1.165) is 0 Å². The number of benzene rings is 4. The van der Waals surface area contributed by atoms with Crippen LogP contribution >= 0.6 is 0 Å². The molecule has 9 nitrogen and oxygen atoms in total. The maximum Gasteiger partial charge on any atom is 0.169 e. The Morgan fingerprint density at radius 1 is 0.620 bits per heavy atom. The second-order valence-electron chi connectivity index (χ2n) is 14.3. The SMILES string of the molecule is CCCCCC.COC(C)(C)C.Cc1cc2c(C(C)C)c(O)c(O)c(C=O)c2c(O)c1-c1c(C)cc2c(C(C)C)c(O)c(O)c(C=O)c2c1O. The summed E-state index contributed by atoms with van der Waals surface area (Å²) in [6.07, 6.45) is 6.22. The molecule has 0 aliphatic carbocycles. The molecule has 4 rings (SSSR count). The lowest BCUT2D eigenvalue weighted by atomic mass is 9.83. The molecule has 274 valence electrons. The van der Waals surface area contributed by atoms with Crippen molar-refractivity contribution in [3.63, 3.8) is 0 Å². The Hall–Kier alpha value is -4.50. The van der Waals surface area contributed by atoms with Crippen LogP contribution in [0.15, 0.2) is 12.1 Å². The van der Waals surface area contributed by atoms with Crippen molar-refractivity contribution in [3.05, 3.63) is 45.5 Å². The molecule has 0 saturated carbocycles. The third-order valence-electron chi connectivity index (χ3n) is 8.79. The van der Waals surface area contributed by atoms with Crippen LogP contribution < -0.4 is 0 Å². The van der Waals surface area contributed by atoms with Gasteiger partial charge in [0.2, 0.25) is 0 Å². The molecule has 6 N–H and O–H groups in total. The molecule has 9 heteroatoms. The first kappa shape index (κ1) is 41.7. The molecule has 0 fully saturated rings. The van der Waals surface area contributed by atoms with E-state index in [0.29, 0.717) is 45.6 Å². The average molecular weight is 693 g/mol. The highest BCUT2D eigenvalue weighted by molar-refractivity contribution is 6.14. The first-order valence-corrected chi connectivity index (χ1v) is 17.2. The number of aryl methyl sites for hydroxylation is 2. The Morgan fingerprint density at radius 3 is 1.14 bits per heavy atom. The monoisotopic (exact) mass is 692 g/mol. The van der Waals surface area contributed by atoms with E-state index < -0.39 is 34.5 Å². The summed E-state index contributed by atoms with van der Waals surface area (Å²) in [5.74, 6) is -3.57. The molecular formula is C41H56O9. The number of rotatable bonds is 8. The summed E-state index contributed by atoms with van der Waals surface area (Å²) >= 11 is 0. The van der Waals surface area contributed by atoms with Crippen LogP contribution in [0.25, 0.3) is 32.7 Å². The number of phenols is 6. The predicted molar refractivity (Wildman–Crippen MR) is 202 cm³/mol. The van der Waals surface area contributed by atoms with Crippen molar-refractivity contribution in [3.8, 4) is 45.6 Å². The van der Waals surface area contributed by atoms with Crippen molar-refractivity contribution < 1.29 is 45.0 Å². The summed E-state index contributed by atoms with van der Waals surface area (Å²) in [5.41, 5.74) is 1.37. The number of fused-ring (bicyclic) bond motifs is 2. The molecule has 0 aromatic heterocycles. The van der Waals surface area contributed by atoms with E-state index in [1.165, 1.54) is 25.7 Å². The van der Waals surface area contributed by atoms with Crippen molar-refractivity contribution in [2.75, 3.05) is 7.11 Å². The Balaban J connectivity index is 0.000000619. The van der Waals surface area contributed by atoms with E-state index in [1.807, 2.05) is 20.8 Å². The van der Waals surface area contributed by atoms with Gasteiger partial charge in [0, 0.05) is 40.1 Å². The molecule has 0 atom stereocenters. The van der Waals surface area contributed by atoms with E-state index in [9.17, 15) is 40.2 Å². The first-order valence-electron chi connectivity index (χ1n) is 17.2. The van der Waals surface area contributed by atoms with Crippen LogP contribution in [0.2, 0.25) is 0 Å². The Kier molecular flexibility index (Phi) is 14.1. The minimum atomic E-state index is -0.661.